The molecule has 0 amide bonds. The summed E-state index contributed by atoms with van der Waals surface area (Å²) in [5.74, 6) is 0.705. The zero-order valence-corrected chi connectivity index (χ0v) is 29.6. The molecule has 248 valence electrons. The Kier molecular flexibility index (Phi) is 7.71. The van der Waals surface area contributed by atoms with Gasteiger partial charge >= 0.3 is 0 Å². The van der Waals surface area contributed by atoms with E-state index in [1.807, 2.05) is 35.6 Å². The number of rotatable bonds is 6. The van der Waals surface area contributed by atoms with Gasteiger partial charge in [-0.3, -0.25) is 0 Å². The number of fused-ring (bicyclic) bond motifs is 4. The second-order valence-electron chi connectivity index (χ2n) is 13.4. The third kappa shape index (κ3) is 5.87. The van der Waals surface area contributed by atoms with E-state index < -0.39 is 0 Å². The van der Waals surface area contributed by atoms with Gasteiger partial charge in [0.05, 0.1) is 11.4 Å². The zero-order valence-electron chi connectivity index (χ0n) is 28.8. The van der Waals surface area contributed by atoms with Crippen molar-refractivity contribution in [2.45, 2.75) is 0 Å². The summed E-state index contributed by atoms with van der Waals surface area (Å²) in [6.07, 6.45) is 0. The third-order valence-electron chi connectivity index (χ3n) is 10.1. The Labute approximate surface area is 312 Å². The fraction of sp³-hybridized carbons (Fsp3) is 0. The van der Waals surface area contributed by atoms with Crippen LogP contribution in [0.5, 0.6) is 0 Å². The van der Waals surface area contributed by atoms with Crippen LogP contribution in [0.2, 0.25) is 0 Å². The minimum absolute atomic E-state index is 0.705. The highest BCUT2D eigenvalue weighted by Crippen LogP contribution is 2.41. The van der Waals surface area contributed by atoms with Crippen LogP contribution < -0.4 is 0 Å². The van der Waals surface area contributed by atoms with E-state index >= 15 is 0 Å². The van der Waals surface area contributed by atoms with E-state index in [9.17, 15) is 0 Å². The number of aromatic nitrogens is 2. The summed E-state index contributed by atoms with van der Waals surface area (Å²) in [6, 6.07) is 69.4. The SMILES string of the molecule is c1ccc(-c2cc(-c3cc(-c4ccc5sc6ccccc6c5c4)cc(-c4ccccc4-c4ccc5ccccc5c4)c3)nc(-c3ccccc3)n2)cc1. The maximum Gasteiger partial charge on any atom is 0.160 e. The van der Waals surface area contributed by atoms with E-state index in [4.69, 9.17) is 9.97 Å². The Morgan fingerprint density at radius 1 is 0.302 bits per heavy atom. The molecule has 0 aliphatic carbocycles. The highest BCUT2D eigenvalue weighted by Gasteiger charge is 2.16. The molecule has 10 rings (SSSR count). The van der Waals surface area contributed by atoms with Crippen LogP contribution in [0, 0.1) is 0 Å². The molecular weight excluding hydrogens is 661 g/mol. The number of benzene rings is 8. The molecule has 0 aliphatic rings. The molecule has 0 N–H and O–H groups in total. The lowest BCUT2D eigenvalue weighted by atomic mass is 9.89. The second-order valence-corrected chi connectivity index (χ2v) is 14.5. The average Bonchev–Trinajstić information content (AvgIpc) is 3.62. The molecule has 0 saturated carbocycles. The number of hydrogen-bond acceptors (Lipinski definition) is 3. The fourth-order valence-electron chi connectivity index (χ4n) is 7.41. The van der Waals surface area contributed by atoms with Crippen LogP contribution in [-0.2, 0) is 0 Å². The van der Waals surface area contributed by atoms with Gasteiger partial charge in [-0.05, 0) is 92.7 Å². The summed E-state index contributed by atoms with van der Waals surface area (Å²) < 4.78 is 2.60. The first kappa shape index (κ1) is 31.1. The normalized spacial score (nSPS) is 11.4. The molecule has 0 unspecified atom stereocenters. The van der Waals surface area contributed by atoms with Gasteiger partial charge in [0.25, 0.3) is 0 Å². The van der Waals surface area contributed by atoms with Gasteiger partial charge < -0.3 is 0 Å². The lowest BCUT2D eigenvalue weighted by Gasteiger charge is -2.16. The van der Waals surface area contributed by atoms with Gasteiger partial charge in [0.2, 0.25) is 0 Å². The van der Waals surface area contributed by atoms with Gasteiger partial charge in [0, 0.05) is 36.9 Å². The van der Waals surface area contributed by atoms with Crippen molar-refractivity contribution in [1.29, 1.82) is 0 Å². The second kappa shape index (κ2) is 13.1. The Morgan fingerprint density at radius 3 is 1.70 bits per heavy atom. The summed E-state index contributed by atoms with van der Waals surface area (Å²) in [7, 11) is 0. The predicted molar refractivity (Wildman–Crippen MR) is 225 cm³/mol. The lowest BCUT2D eigenvalue weighted by Crippen LogP contribution is -1.96. The van der Waals surface area contributed by atoms with E-state index in [-0.39, 0.29) is 0 Å². The highest BCUT2D eigenvalue weighted by atomic mass is 32.1. The molecule has 0 bridgehead atoms. The molecule has 0 aliphatic heterocycles. The van der Waals surface area contributed by atoms with Crippen molar-refractivity contribution in [1.82, 2.24) is 9.97 Å². The van der Waals surface area contributed by atoms with Crippen molar-refractivity contribution in [2.24, 2.45) is 0 Å². The third-order valence-corrected chi connectivity index (χ3v) is 11.2. The maximum atomic E-state index is 5.26. The van der Waals surface area contributed by atoms with E-state index in [1.165, 1.54) is 53.2 Å². The fourth-order valence-corrected chi connectivity index (χ4v) is 8.50. The molecule has 10 aromatic rings. The number of hydrogen-bond donors (Lipinski definition) is 0. The van der Waals surface area contributed by atoms with Gasteiger partial charge in [-0.2, -0.15) is 0 Å². The van der Waals surface area contributed by atoms with Gasteiger partial charge in [-0.15, -0.1) is 11.3 Å². The highest BCUT2D eigenvalue weighted by molar-refractivity contribution is 7.25. The Morgan fingerprint density at radius 2 is 0.887 bits per heavy atom. The predicted octanol–water partition coefficient (Wildman–Crippen LogP) is 14.0. The summed E-state index contributed by atoms with van der Waals surface area (Å²) in [5.41, 5.74) is 11.9. The van der Waals surface area contributed by atoms with Gasteiger partial charge in [0.15, 0.2) is 5.82 Å². The number of nitrogens with zero attached hydrogens (tertiary/aromatic N) is 2. The van der Waals surface area contributed by atoms with E-state index in [0.717, 1.165) is 39.2 Å². The Hall–Kier alpha value is -6.68. The number of thiophene rings is 1. The van der Waals surface area contributed by atoms with Crippen LogP contribution in [0.15, 0.2) is 194 Å². The summed E-state index contributed by atoms with van der Waals surface area (Å²) in [6.45, 7) is 0. The van der Waals surface area contributed by atoms with Crippen LogP contribution in [0.3, 0.4) is 0 Å². The van der Waals surface area contributed by atoms with Crippen molar-refractivity contribution in [3.8, 4) is 67.3 Å². The summed E-state index contributed by atoms with van der Waals surface area (Å²) in [4.78, 5) is 10.3. The molecule has 3 heteroatoms. The smallest absolute Gasteiger partial charge is 0.160 e. The first-order chi connectivity index (χ1) is 26.2. The molecule has 8 aromatic carbocycles. The first-order valence-electron chi connectivity index (χ1n) is 17.9. The topological polar surface area (TPSA) is 25.8 Å². The molecule has 0 spiro atoms. The van der Waals surface area contributed by atoms with Crippen LogP contribution in [0.4, 0.5) is 0 Å². The van der Waals surface area contributed by atoms with Crippen molar-refractivity contribution < 1.29 is 0 Å². The largest absolute Gasteiger partial charge is 0.228 e. The molecule has 0 radical (unpaired) electrons. The van der Waals surface area contributed by atoms with Crippen LogP contribution in [0.25, 0.3) is 98.2 Å². The average molecular weight is 693 g/mol. The Bertz CT molecular complexity index is 2890. The van der Waals surface area contributed by atoms with Crippen LogP contribution >= 0.6 is 11.3 Å². The molecule has 0 fully saturated rings. The molecule has 2 nitrogen and oxygen atoms in total. The molecule has 2 heterocycles. The van der Waals surface area contributed by atoms with Gasteiger partial charge in [-0.1, -0.05) is 146 Å². The molecule has 53 heavy (non-hydrogen) atoms. The van der Waals surface area contributed by atoms with E-state index in [0.29, 0.717) is 5.82 Å². The summed E-state index contributed by atoms with van der Waals surface area (Å²) in [5, 5.41) is 5.05. The van der Waals surface area contributed by atoms with Crippen LogP contribution in [-0.4, -0.2) is 9.97 Å². The van der Waals surface area contributed by atoms with Crippen molar-refractivity contribution >= 4 is 42.3 Å². The minimum Gasteiger partial charge on any atom is -0.228 e. The summed E-state index contributed by atoms with van der Waals surface area (Å²) >= 11 is 1.85. The van der Waals surface area contributed by atoms with Crippen molar-refractivity contribution in [3.05, 3.63) is 194 Å². The van der Waals surface area contributed by atoms with Gasteiger partial charge in [0.1, 0.15) is 0 Å². The monoisotopic (exact) mass is 692 g/mol. The Balaban J connectivity index is 1.21. The quantitative estimate of drug-likeness (QED) is 0.173. The van der Waals surface area contributed by atoms with E-state index in [1.54, 1.807) is 0 Å². The standard InChI is InChI=1S/C50H32N2S/c1-3-14-34(15-4-1)46-32-47(52-50(51-46)35-16-5-2-6-17-35)41-29-39(37-25-26-49-45(31-37)44-21-11-12-22-48(44)53-49)28-40(30-41)43-20-10-9-19-42(43)38-24-23-33-13-7-8-18-36(33)27-38/h1-32H. The van der Waals surface area contributed by atoms with Crippen molar-refractivity contribution in [2.75, 3.05) is 0 Å². The maximum absolute atomic E-state index is 5.26. The van der Waals surface area contributed by atoms with Crippen LogP contribution in [0.1, 0.15) is 0 Å². The van der Waals surface area contributed by atoms with E-state index in [2.05, 4.69) is 170 Å². The minimum atomic E-state index is 0.705. The lowest BCUT2D eigenvalue weighted by molar-refractivity contribution is 1.18. The molecular formula is C50H32N2S. The molecule has 0 saturated heterocycles. The first-order valence-corrected chi connectivity index (χ1v) is 18.7. The zero-order chi connectivity index (χ0) is 35.1. The van der Waals surface area contributed by atoms with Crippen molar-refractivity contribution in [3.63, 3.8) is 0 Å². The molecule has 2 aromatic heterocycles. The van der Waals surface area contributed by atoms with Gasteiger partial charge in [-0.25, -0.2) is 9.97 Å². The molecule has 0 atom stereocenters.